The van der Waals surface area contributed by atoms with Gasteiger partial charge in [0.2, 0.25) is 0 Å². The van der Waals surface area contributed by atoms with Crippen LogP contribution in [0, 0.1) is 34.5 Å². The Labute approximate surface area is 203 Å². The van der Waals surface area contributed by atoms with Crippen molar-refractivity contribution in [1.29, 1.82) is 0 Å². The molecule has 0 spiro atoms. The average Bonchev–Trinajstić information content (AvgIpc) is 3.11. The van der Waals surface area contributed by atoms with Gasteiger partial charge in [-0.25, -0.2) is 0 Å². The van der Waals surface area contributed by atoms with Crippen molar-refractivity contribution in [2.45, 2.75) is 104 Å². The summed E-state index contributed by atoms with van der Waals surface area (Å²) >= 11 is 0. The lowest BCUT2D eigenvalue weighted by Gasteiger charge is -2.58. The van der Waals surface area contributed by atoms with Crippen molar-refractivity contribution in [1.82, 2.24) is 10.2 Å². The van der Waals surface area contributed by atoms with Crippen LogP contribution in [0.4, 0.5) is 0 Å². The summed E-state index contributed by atoms with van der Waals surface area (Å²) in [6.45, 7) is 11.5. The van der Waals surface area contributed by atoms with E-state index < -0.39 is 0 Å². The van der Waals surface area contributed by atoms with Gasteiger partial charge in [-0.15, -0.1) is 0 Å². The molecule has 0 aromatic carbocycles. The van der Waals surface area contributed by atoms with Crippen LogP contribution in [-0.4, -0.2) is 50.2 Å². The Hall–Kier alpha value is -0.870. The normalized spacial score (nSPS) is 41.1. The maximum atomic E-state index is 11.5. The van der Waals surface area contributed by atoms with E-state index in [0.717, 1.165) is 43.1 Å². The van der Waals surface area contributed by atoms with Crippen molar-refractivity contribution in [2.24, 2.45) is 34.5 Å². The lowest BCUT2D eigenvalue weighted by Crippen LogP contribution is -2.52. The van der Waals surface area contributed by atoms with E-state index in [1.165, 1.54) is 57.9 Å². The van der Waals surface area contributed by atoms with E-state index in [4.69, 9.17) is 4.74 Å². The Morgan fingerprint density at radius 3 is 2.67 bits per heavy atom. The van der Waals surface area contributed by atoms with Crippen LogP contribution in [0.15, 0.2) is 11.6 Å². The predicted molar refractivity (Wildman–Crippen MR) is 136 cm³/mol. The minimum absolute atomic E-state index is 0.104. The second-order valence-corrected chi connectivity index (χ2v) is 12.6. The zero-order chi connectivity index (χ0) is 23.8. The summed E-state index contributed by atoms with van der Waals surface area (Å²) in [5.74, 6) is 3.24. The van der Waals surface area contributed by atoms with Crippen LogP contribution in [0.3, 0.4) is 0 Å². The summed E-state index contributed by atoms with van der Waals surface area (Å²) in [5.41, 5.74) is 2.43. The first-order valence-corrected chi connectivity index (χ1v) is 13.9. The van der Waals surface area contributed by atoms with Gasteiger partial charge in [-0.3, -0.25) is 4.79 Å². The lowest BCUT2D eigenvalue weighted by molar-refractivity contribution is -0.148. The van der Waals surface area contributed by atoms with Crippen molar-refractivity contribution in [3.63, 3.8) is 0 Å². The van der Waals surface area contributed by atoms with E-state index in [2.05, 4.69) is 51.2 Å². The highest BCUT2D eigenvalue weighted by molar-refractivity contribution is 5.66. The Balaban J connectivity index is 1.45. The molecule has 4 heteroatoms. The van der Waals surface area contributed by atoms with Crippen LogP contribution < -0.4 is 5.32 Å². The Morgan fingerprint density at radius 1 is 1.18 bits per heavy atom. The van der Waals surface area contributed by atoms with Gasteiger partial charge in [0.1, 0.15) is 6.10 Å². The van der Waals surface area contributed by atoms with Gasteiger partial charge in [-0.1, -0.05) is 32.4 Å². The van der Waals surface area contributed by atoms with Crippen molar-refractivity contribution in [3.8, 4) is 0 Å². The molecule has 4 aliphatic carbocycles. The first kappa shape index (κ1) is 25.2. The third kappa shape index (κ3) is 4.81. The summed E-state index contributed by atoms with van der Waals surface area (Å²) in [7, 11) is 4.34. The van der Waals surface area contributed by atoms with E-state index in [-0.39, 0.29) is 12.1 Å². The smallest absolute Gasteiger partial charge is 0.302 e. The van der Waals surface area contributed by atoms with Crippen LogP contribution in [0.5, 0.6) is 0 Å². The number of allylic oxidation sites excluding steroid dienone is 1. The minimum Gasteiger partial charge on any atom is -0.462 e. The van der Waals surface area contributed by atoms with Gasteiger partial charge in [0.05, 0.1) is 0 Å². The topological polar surface area (TPSA) is 41.6 Å². The number of carbonyl (C=O) groups is 1. The van der Waals surface area contributed by atoms with Crippen molar-refractivity contribution in [3.05, 3.63) is 11.6 Å². The molecule has 0 saturated heterocycles. The van der Waals surface area contributed by atoms with Crippen LogP contribution in [-0.2, 0) is 9.53 Å². The first-order valence-electron chi connectivity index (χ1n) is 13.9. The molecule has 0 aromatic rings. The Kier molecular flexibility index (Phi) is 7.65. The van der Waals surface area contributed by atoms with E-state index >= 15 is 0 Å². The van der Waals surface area contributed by atoms with Gasteiger partial charge < -0.3 is 15.0 Å². The highest BCUT2D eigenvalue weighted by Crippen LogP contribution is 2.66. The molecule has 3 fully saturated rings. The first-order chi connectivity index (χ1) is 15.7. The third-order valence-corrected chi connectivity index (χ3v) is 10.6. The second kappa shape index (κ2) is 10.0. The molecule has 4 aliphatic rings. The van der Waals surface area contributed by atoms with Crippen molar-refractivity contribution >= 4 is 5.97 Å². The van der Waals surface area contributed by atoms with E-state index in [9.17, 15) is 4.79 Å². The Bertz CT molecular complexity index is 733. The largest absolute Gasteiger partial charge is 0.462 e. The van der Waals surface area contributed by atoms with Crippen LogP contribution in [0.25, 0.3) is 0 Å². The van der Waals surface area contributed by atoms with Gasteiger partial charge in [-0.2, -0.15) is 0 Å². The van der Waals surface area contributed by atoms with Gasteiger partial charge >= 0.3 is 5.97 Å². The molecular weight excluding hydrogens is 408 g/mol. The maximum absolute atomic E-state index is 11.5. The summed E-state index contributed by atoms with van der Waals surface area (Å²) in [4.78, 5) is 13.8. The molecular formula is C29H50N2O2. The number of rotatable bonds is 8. The molecule has 8 unspecified atom stereocenters. The quantitative estimate of drug-likeness (QED) is 0.283. The van der Waals surface area contributed by atoms with E-state index in [0.29, 0.717) is 16.9 Å². The summed E-state index contributed by atoms with van der Waals surface area (Å²) in [6, 6.07) is 0.670. The van der Waals surface area contributed by atoms with Crippen LogP contribution >= 0.6 is 0 Å². The third-order valence-electron chi connectivity index (χ3n) is 10.6. The maximum Gasteiger partial charge on any atom is 0.302 e. The SMILES string of the molecule is CCC(NCCCN(C)C)C1CCC2C3CC=C4CC(OC(C)=O)CCC4(C)C3CCC12C. The number of hydrogen-bond donors (Lipinski definition) is 1. The second-order valence-electron chi connectivity index (χ2n) is 12.6. The number of esters is 1. The average molecular weight is 459 g/mol. The molecule has 0 aromatic heterocycles. The molecule has 0 bridgehead atoms. The van der Waals surface area contributed by atoms with Crippen LogP contribution in [0.1, 0.15) is 91.9 Å². The van der Waals surface area contributed by atoms with E-state index in [1.807, 2.05) is 0 Å². The molecule has 4 nitrogen and oxygen atoms in total. The van der Waals surface area contributed by atoms with Gasteiger partial charge in [-0.05, 0) is 119 Å². The molecule has 1 N–H and O–H groups in total. The van der Waals surface area contributed by atoms with Gasteiger partial charge in [0.25, 0.3) is 0 Å². The molecule has 0 amide bonds. The number of nitrogens with zero attached hydrogens (tertiary/aromatic N) is 1. The number of fused-ring (bicyclic) bond motifs is 5. The molecule has 8 atom stereocenters. The highest BCUT2D eigenvalue weighted by atomic mass is 16.5. The summed E-state index contributed by atoms with van der Waals surface area (Å²) in [5, 5.41) is 3.99. The highest BCUT2D eigenvalue weighted by Gasteiger charge is 2.59. The van der Waals surface area contributed by atoms with Gasteiger partial charge in [0.15, 0.2) is 0 Å². The molecule has 188 valence electrons. The van der Waals surface area contributed by atoms with Crippen LogP contribution in [0.2, 0.25) is 0 Å². The number of nitrogens with one attached hydrogen (secondary N) is 1. The molecule has 0 radical (unpaired) electrons. The fourth-order valence-corrected chi connectivity index (χ4v) is 8.92. The zero-order valence-corrected chi connectivity index (χ0v) is 22.3. The molecule has 33 heavy (non-hydrogen) atoms. The zero-order valence-electron chi connectivity index (χ0n) is 22.3. The summed E-state index contributed by atoms with van der Waals surface area (Å²) < 4.78 is 5.62. The van der Waals surface area contributed by atoms with E-state index in [1.54, 1.807) is 12.5 Å². The van der Waals surface area contributed by atoms with Gasteiger partial charge in [0, 0.05) is 19.4 Å². The minimum atomic E-state index is -0.121. The number of ether oxygens (including phenoxy) is 1. The number of hydrogen-bond acceptors (Lipinski definition) is 4. The number of carbonyl (C=O) groups excluding carboxylic acids is 1. The standard InChI is InChI=1S/C29H50N2O2/c1-7-27(30-17-8-18-31(5)6)26-12-11-24-23-10-9-21-19-22(33-20(2)32)13-15-28(21,3)25(23)14-16-29(24,26)4/h9,22-27,30H,7-8,10-19H2,1-6H3. The molecule has 4 rings (SSSR count). The Morgan fingerprint density at radius 2 is 1.97 bits per heavy atom. The summed E-state index contributed by atoms with van der Waals surface area (Å²) in [6.07, 6.45) is 15.3. The van der Waals surface area contributed by atoms with Crippen molar-refractivity contribution < 1.29 is 9.53 Å². The fraction of sp³-hybridized carbons (Fsp3) is 0.897. The predicted octanol–water partition coefficient (Wildman–Crippen LogP) is 5.82. The fourth-order valence-electron chi connectivity index (χ4n) is 8.92. The van der Waals surface area contributed by atoms with Crippen molar-refractivity contribution in [2.75, 3.05) is 27.2 Å². The molecule has 3 saturated carbocycles. The lowest BCUT2D eigenvalue weighted by atomic mass is 9.47. The molecule has 0 heterocycles. The molecule has 0 aliphatic heterocycles. The monoisotopic (exact) mass is 458 g/mol.